The standard InChI is InChI=1S/C25H22F7N5O3/c1-12-18(11-34-21(12)38)22(39)35-20-8-19(37(36-20)16-6-14(9-33-10-16)24(27,28)29)13-4-15(26)7-17(5-13)40-23(2,3)25(30,31)32/h4-10,12,18H,11H2,1-3H3,(H,34,38)(H,35,36,39)/t12-,18+/m1/s1. The summed E-state index contributed by atoms with van der Waals surface area (Å²) in [6.07, 6.45) is -7.97. The van der Waals surface area contributed by atoms with Crippen molar-refractivity contribution in [3.8, 4) is 22.7 Å². The normalized spacial score (nSPS) is 18.0. The predicted molar refractivity (Wildman–Crippen MR) is 127 cm³/mol. The molecule has 2 aromatic heterocycles. The molecule has 0 aliphatic carbocycles. The summed E-state index contributed by atoms with van der Waals surface area (Å²) in [5.41, 5.74) is -4.29. The lowest BCUT2D eigenvalue weighted by Crippen LogP contribution is -2.44. The van der Waals surface area contributed by atoms with Gasteiger partial charge in [0.15, 0.2) is 11.4 Å². The number of benzene rings is 1. The van der Waals surface area contributed by atoms with Gasteiger partial charge in [-0.25, -0.2) is 9.07 Å². The Morgan fingerprint density at radius 1 is 1.07 bits per heavy atom. The van der Waals surface area contributed by atoms with Crippen molar-refractivity contribution in [2.45, 2.75) is 38.7 Å². The Morgan fingerprint density at radius 3 is 2.38 bits per heavy atom. The van der Waals surface area contributed by atoms with Crippen molar-refractivity contribution in [3.05, 3.63) is 54.1 Å². The predicted octanol–water partition coefficient (Wildman–Crippen LogP) is 5.13. The van der Waals surface area contributed by atoms with E-state index in [0.717, 1.165) is 42.9 Å². The number of carbonyl (C=O) groups excluding carboxylic acids is 2. The van der Waals surface area contributed by atoms with Gasteiger partial charge in [-0.1, -0.05) is 6.92 Å². The molecule has 2 N–H and O–H groups in total. The second kappa shape index (κ2) is 10.1. The maximum absolute atomic E-state index is 14.6. The molecule has 0 unspecified atom stereocenters. The van der Waals surface area contributed by atoms with Gasteiger partial charge in [0.2, 0.25) is 11.8 Å². The number of anilines is 1. The van der Waals surface area contributed by atoms with E-state index >= 15 is 0 Å². The Labute approximate surface area is 222 Å². The van der Waals surface area contributed by atoms with Crippen LogP contribution in [0.25, 0.3) is 16.9 Å². The van der Waals surface area contributed by atoms with Gasteiger partial charge in [0.25, 0.3) is 0 Å². The second-order valence-electron chi connectivity index (χ2n) is 9.67. The van der Waals surface area contributed by atoms with E-state index in [0.29, 0.717) is 12.3 Å². The fourth-order valence-electron chi connectivity index (χ4n) is 3.94. The van der Waals surface area contributed by atoms with E-state index in [1.54, 1.807) is 6.92 Å². The molecule has 40 heavy (non-hydrogen) atoms. The van der Waals surface area contributed by atoms with Crippen LogP contribution in [-0.2, 0) is 15.8 Å². The molecule has 2 atom stereocenters. The summed E-state index contributed by atoms with van der Waals surface area (Å²) >= 11 is 0. The molecular weight excluding hydrogens is 551 g/mol. The minimum absolute atomic E-state index is 0.0521. The smallest absolute Gasteiger partial charge is 0.427 e. The number of alkyl halides is 6. The maximum Gasteiger partial charge on any atom is 0.427 e. The average molecular weight is 573 g/mol. The summed E-state index contributed by atoms with van der Waals surface area (Å²) in [5.74, 6) is -4.07. The Balaban J connectivity index is 1.80. The summed E-state index contributed by atoms with van der Waals surface area (Å²) in [6.45, 7) is 3.08. The summed E-state index contributed by atoms with van der Waals surface area (Å²) in [5, 5.41) is 9.17. The summed E-state index contributed by atoms with van der Waals surface area (Å²) in [4.78, 5) is 28.2. The van der Waals surface area contributed by atoms with Crippen molar-refractivity contribution >= 4 is 17.6 Å². The molecule has 0 radical (unpaired) electrons. The lowest BCUT2D eigenvalue weighted by molar-refractivity contribution is -0.234. The number of hydrogen-bond donors (Lipinski definition) is 2. The Hall–Kier alpha value is -4.17. The van der Waals surface area contributed by atoms with Crippen molar-refractivity contribution in [1.82, 2.24) is 20.1 Å². The van der Waals surface area contributed by atoms with Crippen molar-refractivity contribution < 1.29 is 45.1 Å². The number of aromatic nitrogens is 3. The van der Waals surface area contributed by atoms with Gasteiger partial charge in [-0.3, -0.25) is 14.6 Å². The minimum atomic E-state index is -4.81. The van der Waals surface area contributed by atoms with E-state index in [4.69, 9.17) is 4.74 Å². The first-order valence-electron chi connectivity index (χ1n) is 11.7. The molecule has 0 spiro atoms. The molecular formula is C25H22F7N5O3. The first-order chi connectivity index (χ1) is 18.5. The van der Waals surface area contributed by atoms with Crippen molar-refractivity contribution in [1.29, 1.82) is 0 Å². The monoisotopic (exact) mass is 573 g/mol. The molecule has 1 saturated heterocycles. The largest absolute Gasteiger partial charge is 0.478 e. The fraction of sp³-hybridized carbons (Fsp3) is 0.360. The molecule has 8 nitrogen and oxygen atoms in total. The van der Waals surface area contributed by atoms with E-state index in [9.17, 15) is 40.3 Å². The quantitative estimate of drug-likeness (QED) is 0.399. The molecule has 214 valence electrons. The topological polar surface area (TPSA) is 98.1 Å². The first-order valence-corrected chi connectivity index (χ1v) is 11.7. The Bertz CT molecular complexity index is 1450. The third-order valence-corrected chi connectivity index (χ3v) is 6.33. The first kappa shape index (κ1) is 28.8. The summed E-state index contributed by atoms with van der Waals surface area (Å²) in [6, 6.07) is 4.59. The van der Waals surface area contributed by atoms with E-state index in [-0.39, 0.29) is 35.2 Å². The van der Waals surface area contributed by atoms with Gasteiger partial charge in [0.05, 0.1) is 29.1 Å². The highest BCUT2D eigenvalue weighted by molar-refractivity contribution is 5.98. The molecule has 1 aliphatic rings. The number of halogens is 7. The number of nitrogens with zero attached hydrogens (tertiary/aromatic N) is 3. The molecule has 1 fully saturated rings. The van der Waals surface area contributed by atoms with Crippen molar-refractivity contribution in [3.63, 3.8) is 0 Å². The molecule has 3 aromatic rings. The molecule has 0 saturated carbocycles. The van der Waals surface area contributed by atoms with Gasteiger partial charge in [0, 0.05) is 36.4 Å². The zero-order valence-electron chi connectivity index (χ0n) is 21.1. The highest BCUT2D eigenvalue weighted by Crippen LogP contribution is 2.37. The molecule has 0 bridgehead atoms. The van der Waals surface area contributed by atoms with E-state index in [2.05, 4.69) is 20.7 Å². The highest BCUT2D eigenvalue weighted by Gasteiger charge is 2.50. The maximum atomic E-state index is 14.6. The van der Waals surface area contributed by atoms with Gasteiger partial charge >= 0.3 is 12.4 Å². The number of hydrogen-bond acceptors (Lipinski definition) is 5. The second-order valence-corrected chi connectivity index (χ2v) is 9.67. The Kier molecular flexibility index (Phi) is 7.28. The van der Waals surface area contributed by atoms with Crippen LogP contribution in [0, 0.1) is 17.7 Å². The average Bonchev–Trinajstić information content (AvgIpc) is 3.40. The number of carbonyl (C=O) groups is 2. The van der Waals surface area contributed by atoms with Crippen LogP contribution in [-0.4, -0.2) is 44.9 Å². The highest BCUT2D eigenvalue weighted by atomic mass is 19.4. The number of pyridine rings is 1. The van der Waals surface area contributed by atoms with E-state index in [1.165, 1.54) is 6.07 Å². The van der Waals surface area contributed by atoms with E-state index < -0.39 is 52.8 Å². The van der Waals surface area contributed by atoms with Crippen molar-refractivity contribution in [2.24, 2.45) is 11.8 Å². The zero-order valence-corrected chi connectivity index (χ0v) is 21.1. The fourth-order valence-corrected chi connectivity index (χ4v) is 3.94. The van der Waals surface area contributed by atoms with Crippen LogP contribution in [0.1, 0.15) is 26.3 Å². The van der Waals surface area contributed by atoms with Crippen LogP contribution >= 0.6 is 0 Å². The summed E-state index contributed by atoms with van der Waals surface area (Å²) < 4.78 is 101. The van der Waals surface area contributed by atoms with Gasteiger partial charge in [-0.2, -0.15) is 26.3 Å². The minimum Gasteiger partial charge on any atom is -0.478 e. The third kappa shape index (κ3) is 5.87. The zero-order chi connectivity index (χ0) is 29.6. The van der Waals surface area contributed by atoms with Gasteiger partial charge < -0.3 is 15.4 Å². The molecule has 3 heterocycles. The van der Waals surface area contributed by atoms with Crippen LogP contribution in [0.5, 0.6) is 5.75 Å². The Morgan fingerprint density at radius 2 is 1.77 bits per heavy atom. The summed E-state index contributed by atoms with van der Waals surface area (Å²) in [7, 11) is 0. The van der Waals surface area contributed by atoms with Crippen LogP contribution in [0.2, 0.25) is 0 Å². The van der Waals surface area contributed by atoms with Crippen LogP contribution in [0.4, 0.5) is 36.6 Å². The molecule has 1 aromatic carbocycles. The molecule has 2 amide bonds. The van der Waals surface area contributed by atoms with Gasteiger partial charge in [-0.15, -0.1) is 5.10 Å². The molecule has 1 aliphatic heterocycles. The SMILES string of the molecule is C[C@H]1C(=O)NC[C@@H]1C(=O)Nc1cc(-c2cc(F)cc(OC(C)(C)C(F)(F)F)c2)n(-c2cncc(C(F)(F)F)c2)n1. The molecule has 4 rings (SSSR count). The van der Waals surface area contributed by atoms with Crippen LogP contribution < -0.4 is 15.4 Å². The molecule has 15 heteroatoms. The third-order valence-electron chi connectivity index (χ3n) is 6.33. The van der Waals surface area contributed by atoms with E-state index in [1.807, 2.05) is 0 Å². The lowest BCUT2D eigenvalue weighted by atomic mass is 9.97. The number of ether oxygens (including phenoxy) is 1. The number of amides is 2. The van der Waals surface area contributed by atoms with Gasteiger partial charge in [0.1, 0.15) is 11.6 Å². The lowest BCUT2D eigenvalue weighted by Gasteiger charge is -2.29. The van der Waals surface area contributed by atoms with Gasteiger partial charge in [-0.05, 0) is 32.0 Å². The van der Waals surface area contributed by atoms with Crippen LogP contribution in [0.3, 0.4) is 0 Å². The van der Waals surface area contributed by atoms with Crippen molar-refractivity contribution in [2.75, 3.05) is 11.9 Å². The number of rotatable bonds is 6. The van der Waals surface area contributed by atoms with Crippen LogP contribution in [0.15, 0.2) is 42.7 Å². The number of nitrogens with one attached hydrogen (secondary N) is 2.